The number of likely N-dealkylation sites (tertiary alicyclic amines) is 1. The minimum Gasteiger partial charge on any atom is -0.470 e. The third-order valence-corrected chi connectivity index (χ3v) is 7.98. The zero-order valence-corrected chi connectivity index (χ0v) is 19.9. The zero-order valence-electron chi connectivity index (χ0n) is 18.4. The fraction of sp³-hybridized carbons (Fsp3) is 0.417. The Labute approximate surface area is 205 Å². The van der Waals surface area contributed by atoms with E-state index >= 15 is 0 Å². The van der Waals surface area contributed by atoms with Crippen LogP contribution in [0.3, 0.4) is 0 Å². The summed E-state index contributed by atoms with van der Waals surface area (Å²) in [5.74, 6) is 0.536. The molecule has 3 fully saturated rings. The van der Waals surface area contributed by atoms with Gasteiger partial charge in [-0.2, -0.15) is 5.26 Å². The second-order valence-corrected chi connectivity index (χ2v) is 10.5. The van der Waals surface area contributed by atoms with E-state index in [0.717, 1.165) is 34.2 Å². The number of hydrogen-bond acceptors (Lipinski definition) is 8. The highest BCUT2D eigenvalue weighted by Crippen LogP contribution is 2.42. The van der Waals surface area contributed by atoms with Gasteiger partial charge < -0.3 is 19.1 Å². The molecule has 0 spiro atoms. The third-order valence-electron chi connectivity index (χ3n) is 6.71. The van der Waals surface area contributed by atoms with Gasteiger partial charge in [-0.3, -0.25) is 0 Å². The van der Waals surface area contributed by atoms with E-state index in [1.807, 2.05) is 18.4 Å². The predicted molar refractivity (Wildman–Crippen MR) is 126 cm³/mol. The number of carbonyl (C=O) groups is 1. The number of rotatable bonds is 4. The predicted octanol–water partition coefficient (Wildman–Crippen LogP) is 4.65. The lowest BCUT2D eigenvalue weighted by atomic mass is 9.96. The van der Waals surface area contributed by atoms with Crippen molar-refractivity contribution in [3.05, 3.63) is 40.5 Å². The molecular weight excluding hydrogens is 476 g/mol. The Hall–Kier alpha value is -2.93. The third kappa shape index (κ3) is 3.76. The summed E-state index contributed by atoms with van der Waals surface area (Å²) in [7, 11) is 0. The molecule has 6 rings (SSSR count). The fourth-order valence-electron chi connectivity index (χ4n) is 4.54. The number of nitriles is 1. The van der Waals surface area contributed by atoms with Gasteiger partial charge >= 0.3 is 6.09 Å². The first-order valence-corrected chi connectivity index (χ1v) is 12.4. The molecular formula is C24H21ClN4O4S. The standard InChI is InChI=1S/C24H21ClN4O4S/c1-24(4-5-24)33-23(30)29-8-14-10-31-18(9-29)20(14)32-22-21-19(27-12-28-22)16(11-34-21)15-3-2-13(7-26)6-17(15)25/h2-3,6,11-12,14,18,20H,4-5,8-10H2,1H3. The number of thiophene rings is 1. The number of amides is 1. The summed E-state index contributed by atoms with van der Waals surface area (Å²) < 4.78 is 18.8. The van der Waals surface area contributed by atoms with Crippen LogP contribution in [0.2, 0.25) is 5.02 Å². The molecule has 4 heterocycles. The smallest absolute Gasteiger partial charge is 0.410 e. The van der Waals surface area contributed by atoms with Crippen molar-refractivity contribution in [3.8, 4) is 23.1 Å². The highest BCUT2D eigenvalue weighted by Gasteiger charge is 2.49. The fourth-order valence-corrected chi connectivity index (χ4v) is 5.77. The maximum Gasteiger partial charge on any atom is 0.410 e. The zero-order chi connectivity index (χ0) is 23.4. The van der Waals surface area contributed by atoms with E-state index < -0.39 is 0 Å². The molecule has 2 bridgehead atoms. The van der Waals surface area contributed by atoms with E-state index in [4.69, 9.17) is 31.1 Å². The highest BCUT2D eigenvalue weighted by atomic mass is 35.5. The van der Waals surface area contributed by atoms with Gasteiger partial charge in [0.15, 0.2) is 0 Å². The van der Waals surface area contributed by atoms with Crippen molar-refractivity contribution in [2.75, 3.05) is 19.7 Å². The molecule has 1 aliphatic carbocycles. The molecule has 3 unspecified atom stereocenters. The molecule has 3 aromatic rings. The summed E-state index contributed by atoms with van der Waals surface area (Å²) in [6.45, 7) is 3.45. The number of aromatic nitrogens is 2. The molecule has 10 heteroatoms. The second kappa shape index (κ2) is 8.08. The van der Waals surface area contributed by atoms with Crippen LogP contribution in [0.4, 0.5) is 4.79 Å². The van der Waals surface area contributed by atoms with Crippen LogP contribution in [-0.4, -0.2) is 58.5 Å². The van der Waals surface area contributed by atoms with Crippen LogP contribution < -0.4 is 4.74 Å². The van der Waals surface area contributed by atoms with Crippen molar-refractivity contribution in [2.24, 2.45) is 5.92 Å². The Bertz CT molecular complexity index is 1320. The molecule has 1 amide bonds. The monoisotopic (exact) mass is 496 g/mol. The highest BCUT2D eigenvalue weighted by molar-refractivity contribution is 7.18. The summed E-state index contributed by atoms with van der Waals surface area (Å²) in [6.07, 6.45) is 2.60. The van der Waals surface area contributed by atoms with Gasteiger partial charge in [-0.05, 0) is 31.9 Å². The number of hydrogen-bond donors (Lipinski definition) is 0. The minimum atomic E-state index is -0.300. The molecule has 34 heavy (non-hydrogen) atoms. The van der Waals surface area contributed by atoms with Crippen LogP contribution in [-0.2, 0) is 9.47 Å². The number of carbonyl (C=O) groups excluding carboxylic acids is 1. The molecule has 174 valence electrons. The molecule has 3 atom stereocenters. The average Bonchev–Trinajstić information content (AvgIpc) is 3.32. The van der Waals surface area contributed by atoms with Crippen LogP contribution in [0, 0.1) is 17.2 Å². The molecule has 1 saturated carbocycles. The summed E-state index contributed by atoms with van der Waals surface area (Å²) in [6, 6.07) is 7.31. The normalized spacial score (nSPS) is 24.6. The lowest BCUT2D eigenvalue weighted by Gasteiger charge is -2.35. The van der Waals surface area contributed by atoms with Gasteiger partial charge in [0.05, 0.1) is 30.3 Å². The lowest BCUT2D eigenvalue weighted by molar-refractivity contribution is -0.00746. The Morgan fingerprint density at radius 1 is 1.32 bits per heavy atom. The van der Waals surface area contributed by atoms with Crippen molar-refractivity contribution < 1.29 is 19.0 Å². The molecule has 0 N–H and O–H groups in total. The van der Waals surface area contributed by atoms with Crippen molar-refractivity contribution >= 4 is 39.2 Å². The average molecular weight is 497 g/mol. The lowest BCUT2D eigenvalue weighted by Crippen LogP contribution is -2.53. The van der Waals surface area contributed by atoms with Crippen molar-refractivity contribution in [3.63, 3.8) is 0 Å². The summed E-state index contributed by atoms with van der Waals surface area (Å²) in [5, 5.41) is 11.6. The second-order valence-electron chi connectivity index (χ2n) is 9.25. The minimum absolute atomic E-state index is 0.0377. The van der Waals surface area contributed by atoms with Crippen LogP contribution in [0.15, 0.2) is 29.9 Å². The van der Waals surface area contributed by atoms with Crippen molar-refractivity contribution in [1.29, 1.82) is 5.26 Å². The van der Waals surface area contributed by atoms with E-state index in [1.165, 1.54) is 17.7 Å². The van der Waals surface area contributed by atoms with E-state index in [2.05, 4.69) is 16.0 Å². The first kappa shape index (κ1) is 21.6. The molecule has 1 aromatic carbocycles. The van der Waals surface area contributed by atoms with Gasteiger partial charge in [-0.1, -0.05) is 17.7 Å². The SMILES string of the molecule is CC1(OC(=O)N2CC3COC(C2)C3Oc2ncnc3c(-c4ccc(C#N)cc4Cl)csc23)CC1. The van der Waals surface area contributed by atoms with E-state index in [-0.39, 0.29) is 29.8 Å². The first-order valence-electron chi connectivity index (χ1n) is 11.1. The van der Waals surface area contributed by atoms with E-state index in [1.54, 1.807) is 17.0 Å². The van der Waals surface area contributed by atoms with Gasteiger partial charge in [-0.25, -0.2) is 14.8 Å². The van der Waals surface area contributed by atoms with E-state index in [0.29, 0.717) is 36.2 Å². The summed E-state index contributed by atoms with van der Waals surface area (Å²) in [4.78, 5) is 23.2. The Morgan fingerprint density at radius 2 is 2.18 bits per heavy atom. The van der Waals surface area contributed by atoms with Crippen LogP contribution in [0.5, 0.6) is 5.88 Å². The largest absolute Gasteiger partial charge is 0.470 e. The maximum atomic E-state index is 12.6. The van der Waals surface area contributed by atoms with Gasteiger partial charge in [0.2, 0.25) is 5.88 Å². The summed E-state index contributed by atoms with van der Waals surface area (Å²) >= 11 is 7.93. The molecule has 2 saturated heterocycles. The number of fused-ring (bicyclic) bond motifs is 3. The molecule has 0 radical (unpaired) electrons. The van der Waals surface area contributed by atoms with Gasteiger partial charge in [0.1, 0.15) is 28.8 Å². The van der Waals surface area contributed by atoms with Gasteiger partial charge in [0, 0.05) is 34.0 Å². The number of halogens is 1. The van der Waals surface area contributed by atoms with Gasteiger partial charge in [-0.15, -0.1) is 11.3 Å². The first-order chi connectivity index (χ1) is 16.4. The number of piperidine rings is 1. The topological polar surface area (TPSA) is 97.6 Å². The number of benzene rings is 1. The Morgan fingerprint density at radius 3 is 2.91 bits per heavy atom. The van der Waals surface area contributed by atoms with Gasteiger partial charge in [0.25, 0.3) is 0 Å². The van der Waals surface area contributed by atoms with E-state index in [9.17, 15) is 4.79 Å². The summed E-state index contributed by atoms with van der Waals surface area (Å²) in [5.41, 5.74) is 2.62. The molecule has 2 aromatic heterocycles. The van der Waals surface area contributed by atoms with Crippen molar-refractivity contribution in [2.45, 2.75) is 37.6 Å². The quantitative estimate of drug-likeness (QED) is 0.518. The van der Waals surface area contributed by atoms with Crippen LogP contribution in [0.1, 0.15) is 25.3 Å². The van der Waals surface area contributed by atoms with Crippen LogP contribution in [0.25, 0.3) is 21.3 Å². The number of ether oxygens (including phenoxy) is 3. The Kier molecular flexibility index (Phi) is 5.13. The molecule has 8 nitrogen and oxygen atoms in total. The Balaban J connectivity index is 1.23. The maximum absolute atomic E-state index is 12.6. The number of nitrogens with zero attached hydrogens (tertiary/aromatic N) is 4. The molecule has 3 aliphatic rings. The molecule has 2 aliphatic heterocycles. The van der Waals surface area contributed by atoms with Crippen LogP contribution >= 0.6 is 22.9 Å². The van der Waals surface area contributed by atoms with Crippen molar-refractivity contribution in [1.82, 2.24) is 14.9 Å².